The smallest absolute Gasteiger partial charge is 0.341 e. The Hall–Kier alpha value is -1.85. The summed E-state index contributed by atoms with van der Waals surface area (Å²) < 4.78 is 4.95. The lowest BCUT2D eigenvalue weighted by atomic mass is 9.92. The number of methoxy groups -OCH3 is 1. The summed E-state index contributed by atoms with van der Waals surface area (Å²) in [6.07, 6.45) is 0.358. The first-order chi connectivity index (χ1) is 11.6. The van der Waals surface area contributed by atoms with Gasteiger partial charge in [-0.2, -0.15) is 0 Å². The molecule has 6 heteroatoms. The number of anilines is 1. The van der Waals surface area contributed by atoms with Gasteiger partial charge in [-0.3, -0.25) is 4.79 Å². The van der Waals surface area contributed by atoms with Gasteiger partial charge in [-0.25, -0.2) is 4.79 Å². The number of halogens is 1. The molecule has 2 aromatic rings. The molecule has 0 bridgehead atoms. The van der Waals surface area contributed by atoms with Gasteiger partial charge in [0.1, 0.15) is 10.6 Å². The minimum Gasteiger partial charge on any atom is -0.465 e. The third kappa shape index (κ3) is 4.83. The van der Waals surface area contributed by atoms with Crippen LogP contribution in [0.2, 0.25) is 5.02 Å². The van der Waals surface area contributed by atoms with E-state index >= 15 is 0 Å². The second kappa shape index (κ2) is 7.58. The zero-order valence-corrected chi connectivity index (χ0v) is 16.6. The molecule has 0 atom stereocenters. The SMILES string of the molecule is COC(=O)c1c(NC(=O)CC(C)(C)C)sc(C)c1-c1cccc(Cl)c1. The molecule has 0 aliphatic rings. The van der Waals surface area contributed by atoms with Crippen LogP contribution in [0.3, 0.4) is 0 Å². The van der Waals surface area contributed by atoms with Gasteiger partial charge in [0.15, 0.2) is 0 Å². The first-order valence-electron chi connectivity index (χ1n) is 7.90. The maximum Gasteiger partial charge on any atom is 0.341 e. The van der Waals surface area contributed by atoms with Crippen LogP contribution in [-0.2, 0) is 9.53 Å². The standard InChI is InChI=1S/C19H22ClNO3S/c1-11-15(12-7-6-8-13(20)9-12)16(18(23)24-5)17(25-11)21-14(22)10-19(2,3)4/h6-9H,10H2,1-5H3,(H,21,22). The molecule has 25 heavy (non-hydrogen) atoms. The number of thiophene rings is 1. The minimum atomic E-state index is -0.481. The molecule has 0 fully saturated rings. The number of carbonyl (C=O) groups is 2. The molecule has 2 rings (SSSR count). The Kier molecular flexibility index (Phi) is 5.91. The van der Waals surface area contributed by atoms with E-state index in [0.29, 0.717) is 22.0 Å². The molecular weight excluding hydrogens is 358 g/mol. The van der Waals surface area contributed by atoms with Gasteiger partial charge in [0.05, 0.1) is 7.11 Å². The third-order valence-corrected chi connectivity index (χ3v) is 4.79. The molecule has 0 saturated heterocycles. The molecule has 0 aliphatic carbocycles. The topological polar surface area (TPSA) is 55.4 Å². The van der Waals surface area contributed by atoms with Crippen LogP contribution < -0.4 is 5.32 Å². The van der Waals surface area contributed by atoms with Crippen molar-refractivity contribution in [3.63, 3.8) is 0 Å². The van der Waals surface area contributed by atoms with Gasteiger partial charge in [-0.1, -0.05) is 44.5 Å². The monoisotopic (exact) mass is 379 g/mol. The molecule has 0 radical (unpaired) electrons. The van der Waals surface area contributed by atoms with Gasteiger partial charge < -0.3 is 10.1 Å². The summed E-state index contributed by atoms with van der Waals surface area (Å²) in [5, 5.41) is 3.96. The number of rotatable bonds is 4. The van der Waals surface area contributed by atoms with E-state index in [0.717, 1.165) is 16.0 Å². The quantitative estimate of drug-likeness (QED) is 0.709. The summed E-state index contributed by atoms with van der Waals surface area (Å²) in [7, 11) is 1.33. The number of amides is 1. The molecule has 4 nitrogen and oxygen atoms in total. The summed E-state index contributed by atoms with van der Waals surface area (Å²) in [5.74, 6) is -0.609. The van der Waals surface area contributed by atoms with Crippen LogP contribution in [0.25, 0.3) is 11.1 Å². The molecule has 0 spiro atoms. The summed E-state index contributed by atoms with van der Waals surface area (Å²) in [6, 6.07) is 7.28. The van der Waals surface area contributed by atoms with Gasteiger partial charge in [0.2, 0.25) is 5.91 Å². The largest absolute Gasteiger partial charge is 0.465 e. The Labute approximate surface area is 157 Å². The molecule has 1 heterocycles. The Morgan fingerprint density at radius 2 is 1.96 bits per heavy atom. The summed E-state index contributed by atoms with van der Waals surface area (Å²) >= 11 is 7.46. The van der Waals surface area contributed by atoms with Gasteiger partial charge >= 0.3 is 5.97 Å². The zero-order valence-electron chi connectivity index (χ0n) is 15.0. The molecule has 1 amide bonds. The average molecular weight is 380 g/mol. The predicted octanol–water partition coefficient (Wildman–Crippen LogP) is 5.54. The molecule has 134 valence electrons. The van der Waals surface area contributed by atoms with Crippen LogP contribution in [0.15, 0.2) is 24.3 Å². The fraction of sp³-hybridized carbons (Fsp3) is 0.368. The third-order valence-electron chi connectivity index (χ3n) is 3.53. The fourth-order valence-electron chi connectivity index (χ4n) is 2.57. The second-order valence-corrected chi connectivity index (χ2v) is 8.69. The Bertz CT molecular complexity index is 805. The van der Waals surface area contributed by atoms with Crippen LogP contribution >= 0.6 is 22.9 Å². The molecular formula is C19H22ClNO3S. The highest BCUT2D eigenvalue weighted by molar-refractivity contribution is 7.17. The van der Waals surface area contributed by atoms with Crippen molar-refractivity contribution < 1.29 is 14.3 Å². The summed E-state index contributed by atoms with van der Waals surface area (Å²) in [5.41, 5.74) is 1.79. The Balaban J connectivity index is 2.50. The van der Waals surface area contributed by atoms with E-state index in [1.165, 1.54) is 18.4 Å². The molecule has 0 saturated carbocycles. The normalized spacial score (nSPS) is 11.3. The van der Waals surface area contributed by atoms with Gasteiger partial charge in [-0.05, 0) is 30.0 Å². The Morgan fingerprint density at radius 3 is 2.52 bits per heavy atom. The van der Waals surface area contributed by atoms with Crippen molar-refractivity contribution in [2.24, 2.45) is 5.41 Å². The lowest BCUT2D eigenvalue weighted by Gasteiger charge is -2.17. The maximum atomic E-state index is 12.4. The van der Waals surface area contributed by atoms with Crippen molar-refractivity contribution in [1.29, 1.82) is 0 Å². The number of hydrogen-bond acceptors (Lipinski definition) is 4. The van der Waals surface area contributed by atoms with Crippen molar-refractivity contribution in [2.75, 3.05) is 12.4 Å². The van der Waals surface area contributed by atoms with E-state index in [-0.39, 0.29) is 11.3 Å². The summed E-state index contributed by atoms with van der Waals surface area (Å²) in [6.45, 7) is 7.88. The van der Waals surface area contributed by atoms with Crippen LogP contribution in [0.1, 0.15) is 42.4 Å². The first-order valence-corrected chi connectivity index (χ1v) is 9.09. The molecule has 1 aromatic heterocycles. The van der Waals surface area contributed by atoms with Gasteiger partial charge in [-0.15, -0.1) is 11.3 Å². The first kappa shape index (κ1) is 19.5. The van der Waals surface area contributed by atoms with Crippen molar-refractivity contribution in [2.45, 2.75) is 34.1 Å². The van der Waals surface area contributed by atoms with Crippen molar-refractivity contribution >= 4 is 39.8 Å². The van der Waals surface area contributed by atoms with Crippen molar-refractivity contribution in [3.8, 4) is 11.1 Å². The zero-order chi connectivity index (χ0) is 18.8. The van der Waals surface area contributed by atoms with E-state index in [2.05, 4.69) is 5.32 Å². The van der Waals surface area contributed by atoms with Gasteiger partial charge in [0.25, 0.3) is 0 Å². The van der Waals surface area contributed by atoms with Gasteiger partial charge in [0, 0.05) is 21.9 Å². The summed E-state index contributed by atoms with van der Waals surface area (Å²) in [4.78, 5) is 25.6. The number of carbonyl (C=O) groups excluding carboxylic acids is 2. The molecule has 0 unspecified atom stereocenters. The molecule has 0 aliphatic heterocycles. The van der Waals surface area contributed by atoms with E-state index in [9.17, 15) is 9.59 Å². The van der Waals surface area contributed by atoms with E-state index in [4.69, 9.17) is 16.3 Å². The lowest BCUT2D eigenvalue weighted by Crippen LogP contribution is -2.20. The van der Waals surface area contributed by atoms with E-state index in [1.54, 1.807) is 12.1 Å². The van der Waals surface area contributed by atoms with E-state index < -0.39 is 5.97 Å². The number of nitrogens with one attached hydrogen (secondary N) is 1. The van der Waals surface area contributed by atoms with E-state index in [1.807, 2.05) is 39.8 Å². The highest BCUT2D eigenvalue weighted by atomic mass is 35.5. The number of esters is 1. The second-order valence-electron chi connectivity index (χ2n) is 7.02. The number of hydrogen-bond donors (Lipinski definition) is 1. The van der Waals surface area contributed by atoms with Crippen LogP contribution in [0, 0.1) is 12.3 Å². The number of benzene rings is 1. The predicted molar refractivity (Wildman–Crippen MR) is 104 cm³/mol. The molecule has 1 aromatic carbocycles. The minimum absolute atomic E-state index is 0.128. The van der Waals surface area contributed by atoms with Crippen LogP contribution in [-0.4, -0.2) is 19.0 Å². The average Bonchev–Trinajstić information content (AvgIpc) is 2.80. The number of aryl methyl sites for hydroxylation is 1. The van der Waals surface area contributed by atoms with Crippen LogP contribution in [0.4, 0.5) is 5.00 Å². The fourth-order valence-corrected chi connectivity index (χ4v) is 3.84. The Morgan fingerprint density at radius 1 is 1.28 bits per heavy atom. The highest BCUT2D eigenvalue weighted by Crippen LogP contribution is 2.41. The van der Waals surface area contributed by atoms with Crippen LogP contribution in [0.5, 0.6) is 0 Å². The molecule has 1 N–H and O–H groups in total. The van der Waals surface area contributed by atoms with Crippen molar-refractivity contribution in [1.82, 2.24) is 0 Å². The number of ether oxygens (including phenoxy) is 1. The lowest BCUT2D eigenvalue weighted by molar-refractivity contribution is -0.117. The highest BCUT2D eigenvalue weighted by Gasteiger charge is 2.26. The maximum absolute atomic E-state index is 12.4. The van der Waals surface area contributed by atoms with Crippen molar-refractivity contribution in [3.05, 3.63) is 39.7 Å².